The largest absolute Gasteiger partial charge is 0.490 e. The lowest BCUT2D eigenvalue weighted by molar-refractivity contribution is -0.139. The maximum atomic E-state index is 15.1. The number of amides is 4. The molecule has 12 nitrogen and oxygen atoms in total. The molecule has 5 aliphatic rings. The van der Waals surface area contributed by atoms with E-state index >= 15 is 19.2 Å². The molecule has 10 aromatic carbocycles. The van der Waals surface area contributed by atoms with Crippen LogP contribution < -0.4 is 19.3 Å². The van der Waals surface area contributed by atoms with Crippen molar-refractivity contribution >= 4 is 102 Å². The number of ether oxygens (including phenoxy) is 4. The molecule has 15 rings (SSSR count). The molecule has 10 aromatic rings. The number of carbonyl (C=O) groups excluding carboxylic acids is 6. The van der Waals surface area contributed by atoms with Gasteiger partial charge in [-0.2, -0.15) is 0 Å². The summed E-state index contributed by atoms with van der Waals surface area (Å²) in [5.41, 5.74) is 19.3. The van der Waals surface area contributed by atoms with Crippen molar-refractivity contribution in [1.82, 2.24) is 0 Å². The van der Waals surface area contributed by atoms with Gasteiger partial charge in [-0.3, -0.25) is 19.2 Å². The number of esters is 2. The molecular weight excluding hydrogens is 1170 g/mol. The van der Waals surface area contributed by atoms with Crippen LogP contribution in [0.25, 0.3) is 99.7 Å². The van der Waals surface area contributed by atoms with E-state index < -0.39 is 11.9 Å². The van der Waals surface area contributed by atoms with E-state index in [2.05, 4.69) is 73.8 Å². The van der Waals surface area contributed by atoms with Crippen molar-refractivity contribution in [2.24, 2.45) is 0 Å². The Labute approximate surface area is 544 Å². The molecule has 0 aromatic heterocycles. The third-order valence-corrected chi connectivity index (χ3v) is 19.5. The van der Waals surface area contributed by atoms with E-state index in [-0.39, 0.29) is 73.7 Å². The number of carbonyl (C=O) groups is 6. The van der Waals surface area contributed by atoms with Crippen molar-refractivity contribution in [3.63, 3.8) is 0 Å². The third-order valence-electron chi connectivity index (χ3n) is 19.5. The second-order valence-corrected chi connectivity index (χ2v) is 26.4. The van der Waals surface area contributed by atoms with Crippen LogP contribution in [-0.4, -0.2) is 62.0 Å². The molecule has 12 heteroatoms. The average molecular weight is 1240 g/mol. The van der Waals surface area contributed by atoms with Gasteiger partial charge in [-0.05, 0) is 243 Å². The minimum Gasteiger partial charge on any atom is -0.490 e. The molecule has 0 unspecified atom stereocenters. The highest BCUT2D eigenvalue weighted by molar-refractivity contribution is 6.40. The lowest BCUT2D eigenvalue weighted by Gasteiger charge is -2.33. The molecule has 0 saturated heterocycles. The summed E-state index contributed by atoms with van der Waals surface area (Å²) in [5.74, 6) is -1.70. The summed E-state index contributed by atoms with van der Waals surface area (Å²) in [6, 6.07) is 41.6. The molecule has 0 saturated carbocycles. The fourth-order valence-electron chi connectivity index (χ4n) is 15.1. The number of imide groups is 2. The Bertz CT molecular complexity index is 4750. The Morgan fingerprint density at radius 2 is 0.660 bits per heavy atom. The summed E-state index contributed by atoms with van der Waals surface area (Å²) in [4.78, 5) is 86.5. The second kappa shape index (κ2) is 22.5. The molecule has 466 valence electrons. The fourth-order valence-corrected chi connectivity index (χ4v) is 15.1. The van der Waals surface area contributed by atoms with Crippen molar-refractivity contribution in [2.75, 3.05) is 36.2 Å². The van der Waals surface area contributed by atoms with Crippen LogP contribution in [0.1, 0.15) is 165 Å². The van der Waals surface area contributed by atoms with Gasteiger partial charge in [-0.15, -0.1) is 0 Å². The molecule has 3 aliphatic carbocycles. The Balaban J connectivity index is 0.728. The number of nitrogens with zero attached hydrogens (tertiary/aromatic N) is 2. The minimum atomic E-state index is -0.530. The topological polar surface area (TPSA) is 146 Å². The van der Waals surface area contributed by atoms with Crippen molar-refractivity contribution in [2.45, 2.75) is 91.9 Å². The summed E-state index contributed by atoms with van der Waals surface area (Å²) in [6.07, 6.45) is 8.33. The summed E-state index contributed by atoms with van der Waals surface area (Å²) >= 11 is 0. The van der Waals surface area contributed by atoms with Gasteiger partial charge in [-0.1, -0.05) is 117 Å². The van der Waals surface area contributed by atoms with Crippen LogP contribution in [-0.2, 0) is 31.9 Å². The number of anilines is 2. The van der Waals surface area contributed by atoms with Crippen molar-refractivity contribution in [1.29, 1.82) is 0 Å². The van der Waals surface area contributed by atoms with Gasteiger partial charge in [0.2, 0.25) is 0 Å². The van der Waals surface area contributed by atoms with Gasteiger partial charge in [0.15, 0.2) is 0 Å². The van der Waals surface area contributed by atoms with Crippen LogP contribution in [0.5, 0.6) is 11.5 Å². The SMILES string of the molecule is C=CC(=O)OCCOc1cc(C(C)C)c(N2C(=O)c3ccc4c5c(ccc(c35)C2=O)-c2cc3cc5c(cc3cc2-4)/C=C\c2cc3cc4c(cc3cc2CC5)-c2ccc3c5c(ccc-4c25)C(=O)N(c2c(C(C)C)cc(OCCOC(=O)C=C)cc2C(C)C)C3=O)c(C(C)C)c1. The van der Waals surface area contributed by atoms with E-state index in [0.717, 1.165) is 135 Å². The predicted molar refractivity (Wildman–Crippen MR) is 373 cm³/mol. The normalized spacial score (nSPS) is 14.3. The van der Waals surface area contributed by atoms with Gasteiger partial charge in [-0.25, -0.2) is 19.4 Å². The van der Waals surface area contributed by atoms with Gasteiger partial charge < -0.3 is 18.9 Å². The molecule has 2 aliphatic heterocycles. The summed E-state index contributed by atoms with van der Waals surface area (Å²) in [5, 5.41) is 7.61. The number of hydrogen-bond acceptors (Lipinski definition) is 10. The van der Waals surface area contributed by atoms with Crippen LogP contribution in [0.3, 0.4) is 0 Å². The van der Waals surface area contributed by atoms with Crippen molar-refractivity contribution < 1.29 is 47.7 Å². The van der Waals surface area contributed by atoms with E-state index in [1.165, 1.54) is 20.9 Å². The number of aryl methyl sites for hydroxylation is 2. The summed E-state index contributed by atoms with van der Waals surface area (Å²) in [6.45, 7) is 23.5. The van der Waals surface area contributed by atoms with Crippen LogP contribution in [0, 0.1) is 0 Å². The molecule has 0 fully saturated rings. The highest BCUT2D eigenvalue weighted by atomic mass is 16.6. The van der Waals surface area contributed by atoms with Crippen molar-refractivity contribution in [3.05, 3.63) is 213 Å². The lowest BCUT2D eigenvalue weighted by Crippen LogP contribution is -2.41. The average Bonchev–Trinajstić information content (AvgIpc) is 1.50. The van der Waals surface area contributed by atoms with Crippen molar-refractivity contribution in [3.8, 4) is 56.0 Å². The molecule has 0 bridgehead atoms. The first kappa shape index (κ1) is 59.6. The standard InChI is InChI=1S/C82H68N2O10/c1-11-71(85)93-27-25-91-53-37-63(41(3)4)77(64(38-53)42(5)6)83-79(87)59-21-17-55-67-33-49-29-45-13-15-47-31-51-35-69-57-19-23-61-76-62(82(90)84(81(61)89)78-65(43(7)8)39-54(40-66(78)44(9)10)92-26-28-94-72(86)12-2)24-20-58(74(57)76)70(69)36-52(51)32-48(47)16-14-46(45)30-50(49)34-68(67)56-18-22-60(80(83)88)75(59)73(55)56/h11-13,15,17-24,29-44H,1-2,14,16,25-28H2,3-10H3/b15-13-. The van der Waals surface area contributed by atoms with Gasteiger partial charge in [0.05, 0.1) is 11.4 Å². The van der Waals surface area contributed by atoms with Gasteiger partial charge in [0.1, 0.15) is 37.9 Å². The molecule has 0 N–H and O–H groups in total. The van der Waals surface area contributed by atoms with E-state index in [1.54, 1.807) is 0 Å². The molecule has 0 atom stereocenters. The zero-order chi connectivity index (χ0) is 65.4. The molecular formula is C82H68N2O10. The highest BCUT2D eigenvalue weighted by Gasteiger charge is 2.42. The number of rotatable bonds is 16. The van der Waals surface area contributed by atoms with Crippen LogP contribution in [0.2, 0.25) is 0 Å². The fraction of sp³-hybridized carbons (Fsp3) is 0.220. The number of benzene rings is 10. The molecule has 94 heavy (non-hydrogen) atoms. The van der Waals surface area contributed by atoms with E-state index in [1.807, 2.05) is 128 Å². The Morgan fingerprint density at radius 1 is 0.383 bits per heavy atom. The van der Waals surface area contributed by atoms with Gasteiger partial charge in [0.25, 0.3) is 23.6 Å². The monoisotopic (exact) mass is 1240 g/mol. The number of fused-ring (bicyclic) bond motifs is 10. The predicted octanol–water partition coefficient (Wildman–Crippen LogP) is 18.2. The third kappa shape index (κ3) is 9.30. The maximum Gasteiger partial charge on any atom is 0.330 e. The smallest absolute Gasteiger partial charge is 0.330 e. The van der Waals surface area contributed by atoms with E-state index in [9.17, 15) is 9.59 Å². The summed E-state index contributed by atoms with van der Waals surface area (Å²) in [7, 11) is 0. The molecule has 4 amide bonds. The zero-order valence-corrected chi connectivity index (χ0v) is 53.8. The highest BCUT2D eigenvalue weighted by Crippen LogP contribution is 2.55. The first-order valence-electron chi connectivity index (χ1n) is 32.4. The second-order valence-electron chi connectivity index (χ2n) is 26.4. The molecule has 0 spiro atoms. The molecule has 0 radical (unpaired) electrons. The quantitative estimate of drug-likeness (QED) is 0.0396. The first-order chi connectivity index (χ1) is 45.3. The van der Waals surface area contributed by atoms with E-state index in [4.69, 9.17) is 18.9 Å². The first-order valence-corrected chi connectivity index (χ1v) is 32.4. The van der Waals surface area contributed by atoms with Crippen LogP contribution >= 0.6 is 0 Å². The Kier molecular flexibility index (Phi) is 14.3. The Hall–Kier alpha value is -10.7. The van der Waals surface area contributed by atoms with Crippen LogP contribution in [0.4, 0.5) is 11.4 Å². The van der Waals surface area contributed by atoms with Gasteiger partial charge >= 0.3 is 11.9 Å². The Morgan fingerprint density at radius 3 is 0.947 bits per heavy atom. The van der Waals surface area contributed by atoms with E-state index in [0.29, 0.717) is 55.9 Å². The number of hydrogen-bond donors (Lipinski definition) is 0. The van der Waals surface area contributed by atoms with Crippen LogP contribution in [0.15, 0.2) is 147 Å². The summed E-state index contributed by atoms with van der Waals surface area (Å²) < 4.78 is 22.5. The van der Waals surface area contributed by atoms with Gasteiger partial charge in [0, 0.05) is 45.2 Å². The lowest BCUT2D eigenvalue weighted by atomic mass is 9.87. The minimum absolute atomic E-state index is 0.0450. The molecule has 2 heterocycles. The maximum absolute atomic E-state index is 15.1. The zero-order valence-electron chi connectivity index (χ0n) is 53.8.